The molecule has 2 aromatic heterocycles. The van der Waals surface area contributed by atoms with Crippen LogP contribution in [-0.2, 0) is 0 Å². The number of nitrogens with zero attached hydrogens (tertiary/aromatic N) is 3. The van der Waals surface area contributed by atoms with Crippen LogP contribution in [-0.4, -0.2) is 19.7 Å². The molecule has 1 saturated carbocycles. The minimum Gasteiger partial charge on any atom is -0.321 e. The molecule has 1 unspecified atom stereocenters. The van der Waals surface area contributed by atoms with E-state index in [0.717, 1.165) is 25.0 Å². The van der Waals surface area contributed by atoms with E-state index in [1.807, 2.05) is 0 Å². The smallest absolute Gasteiger partial charge is 0.266 e. The van der Waals surface area contributed by atoms with Gasteiger partial charge < -0.3 is 5.73 Å². The van der Waals surface area contributed by atoms with Crippen molar-refractivity contribution in [3.8, 4) is 5.69 Å². The van der Waals surface area contributed by atoms with Crippen LogP contribution in [0.1, 0.15) is 24.7 Å². The molecule has 0 amide bonds. The summed E-state index contributed by atoms with van der Waals surface area (Å²) in [4.78, 5) is 17.4. The molecule has 0 aliphatic heterocycles. The number of hydrogen-bond acceptors (Lipinski definition) is 4. The van der Waals surface area contributed by atoms with Crippen LogP contribution in [0.4, 0.5) is 4.39 Å². The Bertz CT molecular complexity index is 949. The van der Waals surface area contributed by atoms with Gasteiger partial charge in [0.25, 0.3) is 5.56 Å². The Morgan fingerprint density at radius 3 is 2.87 bits per heavy atom. The number of H-pyrrole nitrogens is 1. The third kappa shape index (κ3) is 2.32. The van der Waals surface area contributed by atoms with Gasteiger partial charge in [-0.1, -0.05) is 11.6 Å². The molecule has 0 radical (unpaired) electrons. The predicted molar refractivity (Wildman–Crippen MR) is 84.1 cm³/mol. The zero-order chi connectivity index (χ0) is 16.1. The maximum atomic E-state index is 13.6. The van der Waals surface area contributed by atoms with E-state index in [9.17, 15) is 9.18 Å². The average Bonchev–Trinajstić information content (AvgIpc) is 3.23. The van der Waals surface area contributed by atoms with E-state index in [1.165, 1.54) is 10.8 Å². The number of hydrogen-bond donors (Lipinski definition) is 2. The van der Waals surface area contributed by atoms with Crippen LogP contribution in [0.5, 0.6) is 0 Å². The molecule has 6 nitrogen and oxygen atoms in total. The van der Waals surface area contributed by atoms with Crippen LogP contribution in [0.2, 0.25) is 5.02 Å². The van der Waals surface area contributed by atoms with E-state index >= 15 is 0 Å². The molecule has 1 aliphatic rings. The Labute approximate surface area is 135 Å². The van der Waals surface area contributed by atoms with Crippen molar-refractivity contribution in [2.24, 2.45) is 11.7 Å². The van der Waals surface area contributed by atoms with Crippen molar-refractivity contribution < 1.29 is 4.39 Å². The molecule has 3 N–H and O–H groups in total. The van der Waals surface area contributed by atoms with Crippen LogP contribution < -0.4 is 11.3 Å². The van der Waals surface area contributed by atoms with Gasteiger partial charge in [-0.05, 0) is 30.9 Å². The second kappa shape index (κ2) is 5.14. The zero-order valence-corrected chi connectivity index (χ0v) is 12.7. The van der Waals surface area contributed by atoms with E-state index in [1.54, 1.807) is 6.20 Å². The summed E-state index contributed by atoms with van der Waals surface area (Å²) in [6.07, 6.45) is 5.06. The van der Waals surface area contributed by atoms with Crippen molar-refractivity contribution in [2.45, 2.75) is 18.9 Å². The van der Waals surface area contributed by atoms with Crippen LogP contribution >= 0.6 is 11.6 Å². The van der Waals surface area contributed by atoms with Gasteiger partial charge in [0.05, 0.1) is 33.9 Å². The van der Waals surface area contributed by atoms with Gasteiger partial charge in [-0.3, -0.25) is 14.5 Å². The maximum absolute atomic E-state index is 13.6. The highest BCUT2D eigenvalue weighted by atomic mass is 35.5. The minimum absolute atomic E-state index is 0.0979. The highest BCUT2D eigenvalue weighted by Crippen LogP contribution is 2.39. The first-order valence-electron chi connectivity index (χ1n) is 7.22. The van der Waals surface area contributed by atoms with E-state index in [4.69, 9.17) is 17.3 Å². The normalized spacial score (nSPS) is 16.0. The molecule has 4 rings (SSSR count). The van der Waals surface area contributed by atoms with Crippen molar-refractivity contribution in [3.63, 3.8) is 0 Å². The highest BCUT2D eigenvalue weighted by molar-refractivity contribution is 6.35. The number of rotatable bonds is 3. The van der Waals surface area contributed by atoms with Gasteiger partial charge in [0.15, 0.2) is 0 Å². The SMILES string of the molecule is NC(c1nc2c(Cl)cc(F)cc2c(=O)n1-c1cn[nH]c1)C1CC1. The summed E-state index contributed by atoms with van der Waals surface area (Å²) in [5.41, 5.74) is 6.64. The molecular weight excluding hydrogens is 321 g/mol. The summed E-state index contributed by atoms with van der Waals surface area (Å²) < 4.78 is 15.0. The lowest BCUT2D eigenvalue weighted by atomic mass is 10.1. The molecular formula is C15H13ClFN5O. The Morgan fingerprint density at radius 1 is 1.43 bits per heavy atom. The third-order valence-electron chi connectivity index (χ3n) is 4.09. The fourth-order valence-corrected chi connectivity index (χ4v) is 2.99. The number of fused-ring (bicyclic) bond motifs is 1. The van der Waals surface area contributed by atoms with Crippen molar-refractivity contribution >= 4 is 22.5 Å². The van der Waals surface area contributed by atoms with E-state index in [0.29, 0.717) is 11.5 Å². The lowest BCUT2D eigenvalue weighted by molar-refractivity contribution is 0.573. The maximum Gasteiger partial charge on any atom is 0.266 e. The number of nitrogens with two attached hydrogens (primary N) is 1. The number of halogens is 2. The van der Waals surface area contributed by atoms with Crippen molar-refractivity contribution in [1.29, 1.82) is 0 Å². The monoisotopic (exact) mass is 333 g/mol. The van der Waals surface area contributed by atoms with Gasteiger partial charge in [-0.2, -0.15) is 5.10 Å². The Kier molecular flexibility index (Phi) is 3.21. The van der Waals surface area contributed by atoms with Gasteiger partial charge >= 0.3 is 0 Å². The summed E-state index contributed by atoms with van der Waals surface area (Å²) >= 11 is 6.07. The number of aromatic nitrogens is 4. The molecule has 23 heavy (non-hydrogen) atoms. The van der Waals surface area contributed by atoms with Gasteiger partial charge in [-0.15, -0.1) is 0 Å². The van der Waals surface area contributed by atoms with Gasteiger partial charge in [0.2, 0.25) is 0 Å². The topological polar surface area (TPSA) is 89.6 Å². The molecule has 118 valence electrons. The summed E-state index contributed by atoms with van der Waals surface area (Å²) in [7, 11) is 0. The molecule has 2 heterocycles. The average molecular weight is 334 g/mol. The first-order chi connectivity index (χ1) is 11.1. The summed E-state index contributed by atoms with van der Waals surface area (Å²) in [5.74, 6) is 0.121. The fourth-order valence-electron chi connectivity index (χ4n) is 2.74. The second-order valence-electron chi connectivity index (χ2n) is 5.71. The molecule has 0 saturated heterocycles. The van der Waals surface area contributed by atoms with Gasteiger partial charge in [-0.25, -0.2) is 9.37 Å². The molecule has 0 spiro atoms. The third-order valence-corrected chi connectivity index (χ3v) is 4.38. The Morgan fingerprint density at radius 2 is 2.22 bits per heavy atom. The molecule has 1 fully saturated rings. The predicted octanol–water partition coefficient (Wildman–Crippen LogP) is 2.31. The first-order valence-corrected chi connectivity index (χ1v) is 7.60. The zero-order valence-electron chi connectivity index (χ0n) is 12.0. The molecule has 1 aliphatic carbocycles. The number of benzene rings is 1. The summed E-state index contributed by atoms with van der Waals surface area (Å²) in [6.45, 7) is 0. The van der Waals surface area contributed by atoms with Gasteiger partial charge in [0, 0.05) is 6.20 Å². The molecule has 0 bridgehead atoms. The lowest BCUT2D eigenvalue weighted by Gasteiger charge is -2.17. The quantitative estimate of drug-likeness (QED) is 0.769. The largest absolute Gasteiger partial charge is 0.321 e. The number of aromatic amines is 1. The standard InChI is InChI=1S/C15H13ClFN5O/c16-11-4-8(17)3-10-13(11)21-14(12(18)7-1-2-7)22(15(10)23)9-5-19-20-6-9/h3-7,12H,1-2,18H2,(H,19,20). The van der Waals surface area contributed by atoms with Crippen molar-refractivity contribution in [3.05, 3.63) is 51.5 Å². The molecule has 1 atom stereocenters. The minimum atomic E-state index is -0.584. The van der Waals surface area contributed by atoms with E-state index in [2.05, 4.69) is 15.2 Å². The second-order valence-corrected chi connectivity index (χ2v) is 6.12. The van der Waals surface area contributed by atoms with Crippen LogP contribution in [0.3, 0.4) is 0 Å². The van der Waals surface area contributed by atoms with E-state index in [-0.39, 0.29) is 27.9 Å². The molecule has 8 heteroatoms. The molecule has 1 aromatic carbocycles. The Balaban J connectivity index is 2.09. The summed E-state index contributed by atoms with van der Waals surface area (Å²) in [5, 5.41) is 6.73. The van der Waals surface area contributed by atoms with Crippen LogP contribution in [0, 0.1) is 11.7 Å². The van der Waals surface area contributed by atoms with E-state index < -0.39 is 11.4 Å². The first kappa shape index (κ1) is 14.3. The Hall–Kier alpha value is -2.25. The number of nitrogens with one attached hydrogen (secondary N) is 1. The van der Waals surface area contributed by atoms with Crippen molar-refractivity contribution in [1.82, 2.24) is 19.7 Å². The van der Waals surface area contributed by atoms with Crippen LogP contribution in [0.15, 0.2) is 29.3 Å². The fraction of sp³-hybridized carbons (Fsp3) is 0.267. The molecule has 3 aromatic rings. The highest BCUT2D eigenvalue weighted by Gasteiger charge is 2.33. The lowest BCUT2D eigenvalue weighted by Crippen LogP contribution is -2.29. The van der Waals surface area contributed by atoms with Gasteiger partial charge in [0.1, 0.15) is 11.6 Å². The van der Waals surface area contributed by atoms with Crippen molar-refractivity contribution in [2.75, 3.05) is 0 Å². The van der Waals surface area contributed by atoms with Crippen LogP contribution in [0.25, 0.3) is 16.6 Å². The summed E-state index contributed by atoms with van der Waals surface area (Å²) in [6, 6.07) is 1.90.